The number of hydrogen-bond acceptors (Lipinski definition) is 4. The zero-order valence-electron chi connectivity index (χ0n) is 10.9. The van der Waals surface area contributed by atoms with E-state index in [1.807, 2.05) is 43.3 Å². The minimum absolute atomic E-state index is 0.319. The molecule has 1 aromatic carbocycles. The first-order valence-electron chi connectivity index (χ1n) is 5.86. The van der Waals surface area contributed by atoms with Gasteiger partial charge in [0.2, 0.25) is 0 Å². The van der Waals surface area contributed by atoms with Crippen LogP contribution >= 0.6 is 0 Å². The molecule has 0 atom stereocenters. The second-order valence-corrected chi connectivity index (χ2v) is 3.41. The number of benzene rings is 1. The maximum absolute atomic E-state index is 9.92. The van der Waals surface area contributed by atoms with Crippen LogP contribution in [0.3, 0.4) is 0 Å². The fraction of sp³-hybridized carbons (Fsp3) is 0.200. The van der Waals surface area contributed by atoms with E-state index >= 15 is 0 Å². The van der Waals surface area contributed by atoms with Crippen LogP contribution < -0.4 is 0 Å². The molecule has 102 valence electrons. The molecule has 0 saturated heterocycles. The van der Waals surface area contributed by atoms with Crippen molar-refractivity contribution in [1.82, 2.24) is 0 Å². The van der Waals surface area contributed by atoms with Crippen LogP contribution in [0.1, 0.15) is 18.9 Å². The average molecular weight is 262 g/mol. The Morgan fingerprint density at radius 1 is 1.16 bits per heavy atom. The van der Waals surface area contributed by atoms with Gasteiger partial charge in [0.25, 0.3) is 0 Å². The Morgan fingerprint density at radius 2 is 1.63 bits per heavy atom. The molecule has 0 aliphatic carbocycles. The summed E-state index contributed by atoms with van der Waals surface area (Å²) >= 11 is 0. The van der Waals surface area contributed by atoms with Crippen molar-refractivity contribution in [3.63, 3.8) is 0 Å². The van der Waals surface area contributed by atoms with Crippen molar-refractivity contribution in [1.29, 1.82) is 0 Å². The Labute approximate surface area is 113 Å². The third kappa shape index (κ3) is 9.50. The summed E-state index contributed by atoms with van der Waals surface area (Å²) < 4.78 is 3.97. The molecule has 0 spiro atoms. The first-order valence-corrected chi connectivity index (χ1v) is 5.86. The van der Waals surface area contributed by atoms with Gasteiger partial charge in [-0.3, -0.25) is 0 Å². The lowest BCUT2D eigenvalue weighted by atomic mass is 10.2. The lowest BCUT2D eigenvalue weighted by Crippen LogP contribution is -1.96. The number of aliphatic hydroxyl groups excluding tert-OH is 1. The second kappa shape index (κ2) is 10.9. The molecule has 0 bridgehead atoms. The van der Waals surface area contributed by atoms with Gasteiger partial charge in [-0.1, -0.05) is 49.9 Å². The summed E-state index contributed by atoms with van der Waals surface area (Å²) in [6.45, 7) is 5.88. The zero-order valence-corrected chi connectivity index (χ0v) is 10.9. The van der Waals surface area contributed by atoms with Gasteiger partial charge in [0.05, 0.1) is 0 Å². The first kappa shape index (κ1) is 16.8. The van der Waals surface area contributed by atoms with Gasteiger partial charge >= 0.3 is 11.9 Å². The van der Waals surface area contributed by atoms with Crippen molar-refractivity contribution in [2.75, 3.05) is 6.61 Å². The minimum Gasteiger partial charge on any atom is -0.396 e. The summed E-state index contributed by atoms with van der Waals surface area (Å²) in [6.07, 6.45) is 4.88. The lowest BCUT2D eigenvalue weighted by Gasteiger charge is -1.85. The first-order chi connectivity index (χ1) is 9.13. The fourth-order valence-electron chi connectivity index (χ4n) is 0.892. The van der Waals surface area contributed by atoms with Gasteiger partial charge in [-0.15, -0.1) is 0 Å². The third-order valence-electron chi connectivity index (χ3n) is 1.82. The summed E-state index contributed by atoms with van der Waals surface area (Å²) in [5.74, 6) is -1.16. The van der Waals surface area contributed by atoms with E-state index in [1.54, 1.807) is 0 Å². The van der Waals surface area contributed by atoms with Crippen LogP contribution in [-0.2, 0) is 14.3 Å². The number of carbonyl (C=O) groups excluding carboxylic acids is 2. The van der Waals surface area contributed by atoms with Gasteiger partial charge in [0.15, 0.2) is 0 Å². The topological polar surface area (TPSA) is 63.6 Å². The van der Waals surface area contributed by atoms with E-state index in [1.165, 1.54) is 5.56 Å². The van der Waals surface area contributed by atoms with Crippen LogP contribution in [0.25, 0.3) is 6.08 Å². The molecule has 4 nitrogen and oxygen atoms in total. The highest BCUT2D eigenvalue weighted by Gasteiger charge is 2.10. The van der Waals surface area contributed by atoms with Crippen LogP contribution in [-0.4, -0.2) is 23.7 Å². The van der Waals surface area contributed by atoms with Crippen molar-refractivity contribution in [3.05, 3.63) is 54.6 Å². The van der Waals surface area contributed by atoms with Gasteiger partial charge in [0, 0.05) is 18.8 Å². The number of cyclic esters (lactones) is 2. The van der Waals surface area contributed by atoms with Crippen molar-refractivity contribution < 1.29 is 19.4 Å². The van der Waals surface area contributed by atoms with Crippen molar-refractivity contribution in [3.8, 4) is 0 Å². The highest BCUT2D eigenvalue weighted by Crippen LogP contribution is 1.97. The number of carbonyl (C=O) groups is 2. The molecule has 1 aliphatic rings. The molecular weight excluding hydrogens is 244 g/mol. The van der Waals surface area contributed by atoms with Crippen LogP contribution in [0.2, 0.25) is 0 Å². The van der Waals surface area contributed by atoms with Gasteiger partial charge in [-0.2, -0.15) is 0 Å². The number of rotatable bonds is 2. The number of ether oxygens (including phenoxy) is 1. The Bertz CT molecular complexity index is 403. The van der Waals surface area contributed by atoms with E-state index < -0.39 is 11.9 Å². The highest BCUT2D eigenvalue weighted by atomic mass is 16.6. The predicted octanol–water partition coefficient (Wildman–Crippen LogP) is 2.34. The fourth-order valence-corrected chi connectivity index (χ4v) is 0.892. The largest absolute Gasteiger partial charge is 0.396 e. The molecule has 1 aromatic rings. The summed E-state index contributed by atoms with van der Waals surface area (Å²) in [5.41, 5.74) is 1.17. The number of esters is 2. The maximum Gasteiger partial charge on any atom is 0.338 e. The van der Waals surface area contributed by atoms with Gasteiger partial charge < -0.3 is 9.84 Å². The molecule has 1 aliphatic heterocycles. The highest BCUT2D eigenvalue weighted by molar-refractivity contribution is 6.04. The predicted molar refractivity (Wildman–Crippen MR) is 74.1 cm³/mol. The summed E-state index contributed by atoms with van der Waals surface area (Å²) in [5, 5.41) is 7.88. The molecule has 0 saturated carbocycles. The van der Waals surface area contributed by atoms with E-state index in [9.17, 15) is 9.59 Å². The molecule has 1 heterocycles. The molecule has 0 fully saturated rings. The smallest absolute Gasteiger partial charge is 0.338 e. The van der Waals surface area contributed by atoms with Crippen molar-refractivity contribution in [2.24, 2.45) is 0 Å². The lowest BCUT2D eigenvalue weighted by molar-refractivity contribution is -0.150. The third-order valence-corrected chi connectivity index (χ3v) is 1.82. The normalized spacial score (nSPS) is 11.7. The SMILES string of the molecule is C=Cc1ccccc1.CCCO.O=C1C=CC(=O)O1. The average Bonchev–Trinajstić information content (AvgIpc) is 2.84. The van der Waals surface area contributed by atoms with E-state index in [2.05, 4.69) is 11.3 Å². The Morgan fingerprint density at radius 3 is 1.84 bits per heavy atom. The summed E-state index contributed by atoms with van der Waals surface area (Å²) in [4.78, 5) is 19.8. The van der Waals surface area contributed by atoms with Crippen LogP contribution in [0.4, 0.5) is 0 Å². The summed E-state index contributed by atoms with van der Waals surface area (Å²) in [6, 6.07) is 10.0. The standard InChI is InChI=1S/C8H8.C4H2O3.C3H8O/c1-2-8-6-4-3-5-7-8;5-3-1-2-4(6)7-3;1-2-3-4/h2-7H,1H2;1-2H;4H,2-3H2,1H3. The molecule has 4 heteroatoms. The molecule has 0 unspecified atom stereocenters. The van der Waals surface area contributed by atoms with E-state index in [0.717, 1.165) is 18.6 Å². The molecule has 0 radical (unpaired) electrons. The van der Waals surface area contributed by atoms with E-state index in [4.69, 9.17) is 5.11 Å². The van der Waals surface area contributed by atoms with Crippen molar-refractivity contribution >= 4 is 18.0 Å². The molecule has 1 N–H and O–H groups in total. The maximum atomic E-state index is 9.92. The zero-order chi connectivity index (χ0) is 14.5. The Kier molecular flexibility index (Phi) is 9.66. The second-order valence-electron chi connectivity index (χ2n) is 3.41. The monoisotopic (exact) mass is 262 g/mol. The minimum atomic E-state index is -0.579. The quantitative estimate of drug-likeness (QED) is 0.656. The van der Waals surface area contributed by atoms with E-state index in [-0.39, 0.29) is 0 Å². The van der Waals surface area contributed by atoms with Gasteiger partial charge in [-0.25, -0.2) is 9.59 Å². The van der Waals surface area contributed by atoms with Crippen LogP contribution in [0.15, 0.2) is 49.1 Å². The van der Waals surface area contributed by atoms with E-state index in [0.29, 0.717) is 6.61 Å². The molecule has 19 heavy (non-hydrogen) atoms. The molecular formula is C15H18O4. The van der Waals surface area contributed by atoms with Gasteiger partial charge in [-0.05, 0) is 12.0 Å². The molecule has 0 amide bonds. The molecule has 0 aromatic heterocycles. The van der Waals surface area contributed by atoms with Crippen LogP contribution in [0.5, 0.6) is 0 Å². The molecule has 2 rings (SSSR count). The number of aliphatic hydroxyl groups is 1. The van der Waals surface area contributed by atoms with Gasteiger partial charge in [0.1, 0.15) is 0 Å². The Balaban J connectivity index is 0.000000272. The van der Waals surface area contributed by atoms with Crippen LogP contribution in [0, 0.1) is 0 Å². The summed E-state index contributed by atoms with van der Waals surface area (Å²) in [7, 11) is 0. The van der Waals surface area contributed by atoms with Crippen molar-refractivity contribution in [2.45, 2.75) is 13.3 Å². The number of hydrogen-bond donors (Lipinski definition) is 1. The Hall–Kier alpha value is -2.20.